The Hall–Kier alpha value is -3.11. The SMILES string of the molecule is COC(=O)c1c[nH]c2ccc(Br)cc12.COC(=O)c1cn(C(=O)OC(C)(C)C)c2ccc(Br)cc12. The van der Waals surface area contributed by atoms with Crippen molar-refractivity contribution in [3.8, 4) is 0 Å². The van der Waals surface area contributed by atoms with Gasteiger partial charge in [0.2, 0.25) is 0 Å². The summed E-state index contributed by atoms with van der Waals surface area (Å²) >= 11 is 6.71. The van der Waals surface area contributed by atoms with Gasteiger partial charge in [-0.15, -0.1) is 0 Å². The van der Waals surface area contributed by atoms with Gasteiger partial charge in [-0.2, -0.15) is 0 Å². The summed E-state index contributed by atoms with van der Waals surface area (Å²) in [7, 11) is 2.68. The summed E-state index contributed by atoms with van der Waals surface area (Å²) in [4.78, 5) is 38.5. The number of H-pyrrole nitrogens is 1. The molecule has 10 heteroatoms. The fourth-order valence-corrected chi connectivity index (χ4v) is 4.03. The van der Waals surface area contributed by atoms with Crippen molar-refractivity contribution in [3.05, 3.63) is 68.9 Å². The summed E-state index contributed by atoms with van der Waals surface area (Å²) in [5, 5.41) is 1.49. The Morgan fingerprint density at radius 2 is 1.43 bits per heavy atom. The lowest BCUT2D eigenvalue weighted by Gasteiger charge is -2.19. The van der Waals surface area contributed by atoms with E-state index >= 15 is 0 Å². The molecule has 0 aliphatic carbocycles. The standard InChI is InChI=1S/C15H16BrNO4.C10H8BrNO2/c1-15(2,3)21-14(19)17-8-11(13(18)20-4)10-7-9(16)5-6-12(10)17;1-14-10(13)8-5-12-9-3-2-6(11)4-7(8)9/h5-8H,1-4H3;2-5,12H,1H3. The summed E-state index contributed by atoms with van der Waals surface area (Å²) in [5.74, 6) is -0.824. The van der Waals surface area contributed by atoms with E-state index in [1.165, 1.54) is 25.0 Å². The number of ether oxygens (including phenoxy) is 3. The van der Waals surface area contributed by atoms with E-state index in [0.717, 1.165) is 19.8 Å². The molecule has 0 spiro atoms. The summed E-state index contributed by atoms with van der Waals surface area (Å²) in [6.07, 6.45) is 2.56. The molecule has 0 saturated carbocycles. The lowest BCUT2D eigenvalue weighted by molar-refractivity contribution is 0.0542. The van der Waals surface area contributed by atoms with Crippen LogP contribution >= 0.6 is 31.9 Å². The van der Waals surface area contributed by atoms with Crippen LogP contribution in [0.5, 0.6) is 0 Å². The molecule has 0 unspecified atom stereocenters. The third-order valence-corrected chi connectivity index (χ3v) is 5.80. The molecule has 0 amide bonds. The highest BCUT2D eigenvalue weighted by molar-refractivity contribution is 9.10. The fourth-order valence-electron chi connectivity index (χ4n) is 3.31. The number of nitrogens with one attached hydrogen (secondary N) is 1. The van der Waals surface area contributed by atoms with Gasteiger partial charge in [-0.1, -0.05) is 31.9 Å². The van der Waals surface area contributed by atoms with Gasteiger partial charge in [0.05, 0.1) is 30.9 Å². The van der Waals surface area contributed by atoms with Gasteiger partial charge in [-0.05, 0) is 57.2 Å². The highest BCUT2D eigenvalue weighted by Gasteiger charge is 2.23. The van der Waals surface area contributed by atoms with E-state index < -0.39 is 17.7 Å². The predicted octanol–water partition coefficient (Wildman–Crippen LogP) is 6.69. The van der Waals surface area contributed by atoms with Crippen molar-refractivity contribution in [2.45, 2.75) is 26.4 Å². The van der Waals surface area contributed by atoms with E-state index in [2.05, 4.69) is 41.6 Å². The normalized spacial score (nSPS) is 11.1. The molecule has 0 bridgehead atoms. The van der Waals surface area contributed by atoms with Crippen molar-refractivity contribution >= 4 is 71.7 Å². The lowest BCUT2D eigenvalue weighted by atomic mass is 10.2. The van der Waals surface area contributed by atoms with E-state index in [1.54, 1.807) is 45.2 Å². The highest BCUT2D eigenvalue weighted by atomic mass is 79.9. The molecule has 8 nitrogen and oxygen atoms in total. The second kappa shape index (κ2) is 10.7. The van der Waals surface area contributed by atoms with Gasteiger partial charge in [-0.25, -0.2) is 14.4 Å². The zero-order chi connectivity index (χ0) is 25.9. The number of aromatic nitrogens is 2. The third kappa shape index (κ3) is 6.12. The number of halogens is 2. The first-order valence-electron chi connectivity index (χ1n) is 10.4. The average molecular weight is 608 g/mol. The molecule has 0 fully saturated rings. The molecular formula is C25H24Br2N2O6. The molecule has 0 aliphatic heterocycles. The maximum absolute atomic E-state index is 12.3. The monoisotopic (exact) mass is 606 g/mol. The van der Waals surface area contributed by atoms with E-state index in [-0.39, 0.29) is 5.97 Å². The van der Waals surface area contributed by atoms with Gasteiger partial charge in [0.25, 0.3) is 0 Å². The quantitative estimate of drug-likeness (QED) is 0.201. The van der Waals surface area contributed by atoms with Gasteiger partial charge >= 0.3 is 18.0 Å². The van der Waals surface area contributed by atoms with Crippen molar-refractivity contribution in [1.29, 1.82) is 0 Å². The first kappa shape index (κ1) is 26.5. The van der Waals surface area contributed by atoms with Crippen molar-refractivity contribution < 1.29 is 28.6 Å². The van der Waals surface area contributed by atoms with Gasteiger partial charge in [0, 0.05) is 37.6 Å². The van der Waals surface area contributed by atoms with Crippen molar-refractivity contribution in [3.63, 3.8) is 0 Å². The molecular weight excluding hydrogens is 584 g/mol. The van der Waals surface area contributed by atoms with Crippen LogP contribution in [0.2, 0.25) is 0 Å². The van der Waals surface area contributed by atoms with Crippen LogP contribution in [-0.4, -0.2) is 47.4 Å². The number of methoxy groups -OCH3 is 2. The molecule has 1 N–H and O–H groups in total. The number of nitrogens with zero attached hydrogens (tertiary/aromatic N) is 1. The maximum atomic E-state index is 12.3. The number of hydrogen-bond acceptors (Lipinski definition) is 6. The van der Waals surface area contributed by atoms with Crippen molar-refractivity contribution in [1.82, 2.24) is 9.55 Å². The molecule has 0 atom stereocenters. The first-order chi connectivity index (χ1) is 16.4. The summed E-state index contributed by atoms with van der Waals surface area (Å²) < 4.78 is 17.8. The topological polar surface area (TPSA) is 99.6 Å². The van der Waals surface area contributed by atoms with Gasteiger partial charge in [0.15, 0.2) is 0 Å². The smallest absolute Gasteiger partial charge is 0.419 e. The van der Waals surface area contributed by atoms with Crippen molar-refractivity contribution in [2.75, 3.05) is 14.2 Å². The third-order valence-electron chi connectivity index (χ3n) is 4.81. The van der Waals surface area contributed by atoms with Crippen LogP contribution in [0.25, 0.3) is 21.8 Å². The van der Waals surface area contributed by atoms with Crippen LogP contribution < -0.4 is 0 Å². The average Bonchev–Trinajstić information content (AvgIpc) is 3.38. The minimum absolute atomic E-state index is 0.319. The molecule has 0 saturated heterocycles. The molecule has 2 aromatic carbocycles. The number of esters is 2. The zero-order valence-corrected chi connectivity index (χ0v) is 22.9. The Morgan fingerprint density at radius 1 is 0.857 bits per heavy atom. The second-order valence-electron chi connectivity index (χ2n) is 8.43. The number of carbonyl (C=O) groups excluding carboxylic acids is 3. The maximum Gasteiger partial charge on any atom is 0.419 e. The van der Waals surface area contributed by atoms with E-state index in [1.807, 2.05) is 18.2 Å². The second-order valence-corrected chi connectivity index (χ2v) is 10.3. The Balaban J connectivity index is 0.000000211. The first-order valence-corrected chi connectivity index (χ1v) is 12.0. The number of aromatic amines is 1. The Morgan fingerprint density at radius 3 is 2.03 bits per heavy atom. The lowest BCUT2D eigenvalue weighted by Crippen LogP contribution is -2.26. The molecule has 0 aliphatic rings. The van der Waals surface area contributed by atoms with Crippen molar-refractivity contribution in [2.24, 2.45) is 0 Å². The van der Waals surface area contributed by atoms with Crippen LogP contribution in [-0.2, 0) is 14.2 Å². The molecule has 4 rings (SSSR count). The summed E-state index contributed by atoms with van der Waals surface area (Å²) in [6.45, 7) is 5.36. The van der Waals surface area contributed by atoms with E-state index in [9.17, 15) is 14.4 Å². The van der Waals surface area contributed by atoms with Crippen LogP contribution in [0.15, 0.2) is 57.7 Å². The van der Waals surface area contributed by atoms with Gasteiger partial charge < -0.3 is 19.2 Å². The molecule has 0 radical (unpaired) electrons. The van der Waals surface area contributed by atoms with Gasteiger partial charge in [-0.3, -0.25) is 4.57 Å². The highest BCUT2D eigenvalue weighted by Crippen LogP contribution is 2.27. The minimum Gasteiger partial charge on any atom is -0.465 e. The Bertz CT molecular complexity index is 1410. The van der Waals surface area contributed by atoms with Crippen LogP contribution in [0.4, 0.5) is 4.79 Å². The molecule has 35 heavy (non-hydrogen) atoms. The minimum atomic E-state index is -0.617. The molecule has 4 aromatic rings. The molecule has 2 aromatic heterocycles. The zero-order valence-electron chi connectivity index (χ0n) is 19.8. The molecule has 2 heterocycles. The largest absolute Gasteiger partial charge is 0.465 e. The fraction of sp³-hybridized carbons (Fsp3) is 0.240. The van der Waals surface area contributed by atoms with E-state index in [0.29, 0.717) is 22.0 Å². The predicted molar refractivity (Wildman–Crippen MR) is 140 cm³/mol. The van der Waals surface area contributed by atoms with Crippen LogP contribution in [0, 0.1) is 0 Å². The number of fused-ring (bicyclic) bond motifs is 2. The Kier molecular flexibility index (Phi) is 8.07. The summed E-state index contributed by atoms with van der Waals surface area (Å²) in [5.41, 5.74) is 1.78. The van der Waals surface area contributed by atoms with Crippen LogP contribution in [0.1, 0.15) is 41.5 Å². The number of rotatable bonds is 2. The number of benzene rings is 2. The molecule has 184 valence electrons. The number of hydrogen-bond donors (Lipinski definition) is 1. The summed E-state index contributed by atoms with van der Waals surface area (Å²) in [6, 6.07) is 11.0. The van der Waals surface area contributed by atoms with Gasteiger partial charge in [0.1, 0.15) is 5.60 Å². The van der Waals surface area contributed by atoms with Crippen LogP contribution in [0.3, 0.4) is 0 Å². The van der Waals surface area contributed by atoms with E-state index in [4.69, 9.17) is 9.47 Å². The number of carbonyl (C=O) groups is 3. The Labute approximate surface area is 218 Å².